The minimum atomic E-state index is -0.375. The number of rotatable bonds is 4. The van der Waals surface area contributed by atoms with E-state index in [2.05, 4.69) is 0 Å². The van der Waals surface area contributed by atoms with Gasteiger partial charge in [-0.2, -0.15) is 0 Å². The van der Waals surface area contributed by atoms with E-state index < -0.39 is 0 Å². The first-order chi connectivity index (χ1) is 9.47. The number of halogens is 1. The summed E-state index contributed by atoms with van der Waals surface area (Å²) in [5.74, 6) is 2.79. The minimum Gasteiger partial charge on any atom is -0.493 e. The fourth-order valence-corrected chi connectivity index (χ4v) is 2.51. The van der Waals surface area contributed by atoms with Crippen molar-refractivity contribution in [2.45, 2.75) is 19.9 Å². The highest BCUT2D eigenvalue weighted by Gasteiger charge is 2.20. The van der Waals surface area contributed by atoms with Crippen LogP contribution in [0.15, 0.2) is 22.6 Å². The summed E-state index contributed by atoms with van der Waals surface area (Å²) in [5, 5.41) is 0.536. The Labute approximate surface area is 123 Å². The van der Waals surface area contributed by atoms with Gasteiger partial charge in [0, 0.05) is 16.7 Å². The van der Waals surface area contributed by atoms with Crippen LogP contribution in [0.5, 0.6) is 11.5 Å². The van der Waals surface area contributed by atoms with Crippen LogP contribution in [-0.4, -0.2) is 14.2 Å². The van der Waals surface area contributed by atoms with Crippen molar-refractivity contribution in [2.75, 3.05) is 14.2 Å². The molecular formula is C15H18ClNO3. The monoisotopic (exact) mass is 295 g/mol. The van der Waals surface area contributed by atoms with E-state index in [1.165, 1.54) is 0 Å². The van der Waals surface area contributed by atoms with Gasteiger partial charge in [-0.25, -0.2) is 0 Å². The number of hydrogen-bond donors (Lipinski definition) is 1. The normalized spacial score (nSPS) is 12.3. The molecule has 0 saturated carbocycles. The van der Waals surface area contributed by atoms with Gasteiger partial charge in [-0.3, -0.25) is 0 Å². The number of benzene rings is 1. The highest BCUT2D eigenvalue weighted by molar-refractivity contribution is 6.31. The molecule has 0 fully saturated rings. The maximum Gasteiger partial charge on any atom is 0.162 e. The molecule has 1 aromatic heterocycles. The zero-order chi connectivity index (χ0) is 14.9. The predicted octanol–water partition coefficient (Wildman–Crippen LogP) is 3.62. The molecule has 0 spiro atoms. The number of aryl methyl sites for hydroxylation is 2. The lowest BCUT2D eigenvalue weighted by Gasteiger charge is -2.16. The smallest absolute Gasteiger partial charge is 0.162 e. The average molecular weight is 296 g/mol. The van der Waals surface area contributed by atoms with Crippen LogP contribution in [0, 0.1) is 13.8 Å². The molecule has 2 aromatic rings. The van der Waals surface area contributed by atoms with Gasteiger partial charge in [0.1, 0.15) is 11.5 Å². The number of ether oxygens (including phenoxy) is 2. The van der Waals surface area contributed by atoms with E-state index in [9.17, 15) is 0 Å². The van der Waals surface area contributed by atoms with Gasteiger partial charge in [0.25, 0.3) is 0 Å². The molecule has 1 atom stereocenters. The molecule has 4 nitrogen and oxygen atoms in total. The van der Waals surface area contributed by atoms with E-state index in [0.717, 1.165) is 22.6 Å². The molecule has 0 saturated heterocycles. The molecule has 1 aromatic carbocycles. The Bertz CT molecular complexity index is 622. The molecule has 5 heteroatoms. The summed E-state index contributed by atoms with van der Waals surface area (Å²) < 4.78 is 16.0. The van der Waals surface area contributed by atoms with Gasteiger partial charge in [0.05, 0.1) is 20.3 Å². The fourth-order valence-electron chi connectivity index (χ4n) is 2.24. The number of nitrogens with two attached hydrogens (primary N) is 1. The molecule has 0 bridgehead atoms. The lowest BCUT2D eigenvalue weighted by Crippen LogP contribution is -2.13. The van der Waals surface area contributed by atoms with Crippen LogP contribution >= 0.6 is 11.6 Å². The fraction of sp³-hybridized carbons (Fsp3) is 0.333. The van der Waals surface area contributed by atoms with Crippen LogP contribution in [0.3, 0.4) is 0 Å². The van der Waals surface area contributed by atoms with Crippen LogP contribution in [-0.2, 0) is 0 Å². The molecule has 2 rings (SSSR count). The van der Waals surface area contributed by atoms with Gasteiger partial charge >= 0.3 is 0 Å². The summed E-state index contributed by atoms with van der Waals surface area (Å²) in [7, 11) is 3.14. The van der Waals surface area contributed by atoms with Gasteiger partial charge in [-0.1, -0.05) is 11.6 Å². The summed E-state index contributed by atoms with van der Waals surface area (Å²) in [6.07, 6.45) is 0. The maximum absolute atomic E-state index is 6.31. The van der Waals surface area contributed by atoms with Gasteiger partial charge in [-0.05, 0) is 31.5 Å². The zero-order valence-electron chi connectivity index (χ0n) is 12.0. The van der Waals surface area contributed by atoms with Crippen molar-refractivity contribution in [2.24, 2.45) is 5.73 Å². The first-order valence-electron chi connectivity index (χ1n) is 6.21. The molecule has 0 radical (unpaired) electrons. The molecule has 1 unspecified atom stereocenters. The number of methoxy groups -OCH3 is 2. The van der Waals surface area contributed by atoms with Crippen LogP contribution in [0.25, 0.3) is 0 Å². The Hall–Kier alpha value is -1.65. The van der Waals surface area contributed by atoms with Crippen LogP contribution < -0.4 is 15.2 Å². The Kier molecular flexibility index (Phi) is 4.26. The van der Waals surface area contributed by atoms with Gasteiger partial charge in [0.2, 0.25) is 0 Å². The SMILES string of the molecule is COc1cc(Cl)c(C(N)c2cc(C)oc2C)cc1OC. The molecular weight excluding hydrogens is 278 g/mol. The molecule has 0 aliphatic carbocycles. The number of furan rings is 1. The second-order valence-corrected chi connectivity index (χ2v) is 4.98. The summed E-state index contributed by atoms with van der Waals surface area (Å²) in [5.41, 5.74) is 7.99. The molecule has 0 amide bonds. The average Bonchev–Trinajstić information content (AvgIpc) is 2.76. The molecule has 0 aliphatic rings. The van der Waals surface area contributed by atoms with Crippen molar-refractivity contribution in [3.63, 3.8) is 0 Å². The van der Waals surface area contributed by atoms with Gasteiger partial charge < -0.3 is 19.6 Å². The van der Waals surface area contributed by atoms with Crippen LogP contribution in [0.2, 0.25) is 5.02 Å². The largest absolute Gasteiger partial charge is 0.493 e. The van der Waals surface area contributed by atoms with Gasteiger partial charge in [-0.15, -0.1) is 0 Å². The van der Waals surface area contributed by atoms with E-state index >= 15 is 0 Å². The second-order valence-electron chi connectivity index (χ2n) is 4.57. The molecule has 108 valence electrons. The molecule has 20 heavy (non-hydrogen) atoms. The summed E-state index contributed by atoms with van der Waals surface area (Å²) in [6, 6.07) is 5.05. The highest BCUT2D eigenvalue weighted by Crippen LogP contribution is 2.37. The van der Waals surface area contributed by atoms with Crippen molar-refractivity contribution in [3.05, 3.63) is 45.9 Å². The number of hydrogen-bond acceptors (Lipinski definition) is 4. The predicted molar refractivity (Wildman–Crippen MR) is 78.8 cm³/mol. The first kappa shape index (κ1) is 14.8. The first-order valence-corrected chi connectivity index (χ1v) is 6.59. The van der Waals surface area contributed by atoms with E-state index in [-0.39, 0.29) is 6.04 Å². The van der Waals surface area contributed by atoms with Crippen molar-refractivity contribution in [1.29, 1.82) is 0 Å². The Balaban J connectivity index is 2.49. The Morgan fingerprint density at radius 2 is 1.65 bits per heavy atom. The second kappa shape index (κ2) is 5.77. The quantitative estimate of drug-likeness (QED) is 0.936. The molecule has 2 N–H and O–H groups in total. The third-order valence-electron chi connectivity index (χ3n) is 3.25. The maximum atomic E-state index is 6.31. The van der Waals surface area contributed by atoms with Crippen molar-refractivity contribution >= 4 is 11.6 Å². The van der Waals surface area contributed by atoms with Gasteiger partial charge in [0.15, 0.2) is 11.5 Å². The van der Waals surface area contributed by atoms with Crippen molar-refractivity contribution in [1.82, 2.24) is 0 Å². The third-order valence-corrected chi connectivity index (χ3v) is 3.58. The van der Waals surface area contributed by atoms with Crippen molar-refractivity contribution in [3.8, 4) is 11.5 Å². The zero-order valence-corrected chi connectivity index (χ0v) is 12.7. The Morgan fingerprint density at radius 3 is 2.15 bits per heavy atom. The lowest BCUT2D eigenvalue weighted by molar-refractivity contribution is 0.354. The van der Waals surface area contributed by atoms with E-state index in [1.807, 2.05) is 19.9 Å². The third kappa shape index (κ3) is 2.62. The lowest BCUT2D eigenvalue weighted by atomic mass is 9.99. The van der Waals surface area contributed by atoms with Crippen LogP contribution in [0.1, 0.15) is 28.7 Å². The summed E-state index contributed by atoms with van der Waals surface area (Å²) in [6.45, 7) is 3.77. The van der Waals surface area contributed by atoms with Crippen molar-refractivity contribution < 1.29 is 13.9 Å². The van der Waals surface area contributed by atoms with E-state index in [0.29, 0.717) is 16.5 Å². The molecule has 1 heterocycles. The van der Waals surface area contributed by atoms with E-state index in [1.54, 1.807) is 26.4 Å². The topological polar surface area (TPSA) is 57.6 Å². The van der Waals surface area contributed by atoms with Crippen LogP contribution in [0.4, 0.5) is 0 Å². The summed E-state index contributed by atoms with van der Waals surface area (Å²) in [4.78, 5) is 0. The summed E-state index contributed by atoms with van der Waals surface area (Å²) >= 11 is 6.29. The Morgan fingerprint density at radius 1 is 1.05 bits per heavy atom. The minimum absolute atomic E-state index is 0.375. The highest BCUT2D eigenvalue weighted by atomic mass is 35.5. The standard InChI is InChI=1S/C15H18ClNO3/c1-8-5-10(9(2)20-8)15(17)11-6-13(18-3)14(19-4)7-12(11)16/h5-7,15H,17H2,1-4H3. The van der Waals surface area contributed by atoms with E-state index in [4.69, 9.17) is 31.2 Å². The molecule has 0 aliphatic heterocycles.